The number of aromatic nitrogens is 5. The predicted octanol–water partition coefficient (Wildman–Crippen LogP) is 2.40. The van der Waals surface area contributed by atoms with Gasteiger partial charge in [0.2, 0.25) is 0 Å². The van der Waals surface area contributed by atoms with Gasteiger partial charge in [0.1, 0.15) is 11.5 Å². The molecule has 2 aliphatic rings. The zero-order valence-electron chi connectivity index (χ0n) is 17.5. The Morgan fingerprint density at radius 2 is 2.10 bits per heavy atom. The molecule has 0 unspecified atom stereocenters. The standard InChI is InChI=1S/C22H27FN6O2/c1-31-13-19-12-29(27-25-19)20-6-15-9-28(10-16(15)7-21(20)30)11-17-8-24-26-22(17)14-3-2-4-18(23)5-14/h2-5,8,12,15-16,20-21,30H,6-7,9-11,13H2,1H3,(H,24,26)/t15-,16+,20-,21-/m1/s1. The maximum Gasteiger partial charge on any atom is 0.123 e. The Hall–Kier alpha value is -2.62. The number of aromatic amines is 1. The van der Waals surface area contributed by atoms with Gasteiger partial charge in [-0.1, -0.05) is 17.3 Å². The molecular weight excluding hydrogens is 399 g/mol. The van der Waals surface area contributed by atoms with E-state index in [2.05, 4.69) is 25.4 Å². The van der Waals surface area contributed by atoms with Crippen molar-refractivity contribution in [2.45, 2.75) is 38.1 Å². The lowest BCUT2D eigenvalue weighted by molar-refractivity contribution is 0.0298. The van der Waals surface area contributed by atoms with E-state index in [1.54, 1.807) is 17.9 Å². The first-order valence-corrected chi connectivity index (χ1v) is 10.7. The average Bonchev–Trinajstić information content (AvgIpc) is 3.47. The van der Waals surface area contributed by atoms with E-state index < -0.39 is 6.10 Å². The molecule has 2 N–H and O–H groups in total. The lowest BCUT2D eigenvalue weighted by Gasteiger charge is -2.35. The number of aliphatic hydroxyl groups excluding tert-OH is 1. The summed E-state index contributed by atoms with van der Waals surface area (Å²) in [6.07, 6.45) is 4.90. The topological polar surface area (TPSA) is 92.1 Å². The molecule has 164 valence electrons. The number of hydrogen-bond acceptors (Lipinski definition) is 6. The van der Waals surface area contributed by atoms with Crippen LogP contribution in [0.5, 0.6) is 0 Å². The largest absolute Gasteiger partial charge is 0.391 e. The van der Waals surface area contributed by atoms with E-state index in [1.165, 1.54) is 12.1 Å². The fourth-order valence-electron chi connectivity index (χ4n) is 5.17. The normalized spacial score (nSPS) is 26.3. The molecule has 3 heterocycles. The van der Waals surface area contributed by atoms with Gasteiger partial charge in [0.25, 0.3) is 0 Å². The molecule has 9 heteroatoms. The lowest BCUT2D eigenvalue weighted by Crippen LogP contribution is -2.36. The minimum Gasteiger partial charge on any atom is -0.391 e. The molecule has 1 aliphatic heterocycles. The fourth-order valence-corrected chi connectivity index (χ4v) is 5.17. The Morgan fingerprint density at radius 1 is 1.26 bits per heavy atom. The molecule has 1 aliphatic carbocycles. The van der Waals surface area contributed by atoms with Crippen molar-refractivity contribution in [3.63, 3.8) is 0 Å². The molecule has 1 aromatic carbocycles. The van der Waals surface area contributed by atoms with Crippen LogP contribution in [0, 0.1) is 17.7 Å². The van der Waals surface area contributed by atoms with Gasteiger partial charge in [0.15, 0.2) is 0 Å². The zero-order valence-corrected chi connectivity index (χ0v) is 17.5. The molecule has 0 spiro atoms. The second-order valence-electron chi connectivity index (χ2n) is 8.72. The van der Waals surface area contributed by atoms with Crippen LogP contribution >= 0.6 is 0 Å². The summed E-state index contributed by atoms with van der Waals surface area (Å²) in [7, 11) is 1.63. The fraction of sp³-hybridized carbons (Fsp3) is 0.500. The first kappa shape index (κ1) is 20.3. The third kappa shape index (κ3) is 4.13. The van der Waals surface area contributed by atoms with Gasteiger partial charge in [-0.05, 0) is 36.8 Å². The number of nitrogens with one attached hydrogen (secondary N) is 1. The summed E-state index contributed by atoms with van der Waals surface area (Å²) in [5, 5.41) is 26.4. The van der Waals surface area contributed by atoms with E-state index in [0.717, 1.165) is 55.0 Å². The first-order chi connectivity index (χ1) is 15.1. The third-order valence-corrected chi connectivity index (χ3v) is 6.60. The summed E-state index contributed by atoms with van der Waals surface area (Å²) >= 11 is 0. The van der Waals surface area contributed by atoms with Crippen LogP contribution in [-0.4, -0.2) is 61.5 Å². The summed E-state index contributed by atoms with van der Waals surface area (Å²) in [4.78, 5) is 2.41. The number of halogens is 1. The molecule has 1 saturated carbocycles. The van der Waals surface area contributed by atoms with Crippen molar-refractivity contribution in [3.05, 3.63) is 53.7 Å². The number of ether oxygens (including phenoxy) is 1. The minimum atomic E-state index is -0.435. The van der Waals surface area contributed by atoms with E-state index in [-0.39, 0.29) is 11.9 Å². The number of benzene rings is 1. The van der Waals surface area contributed by atoms with Crippen LogP contribution in [0.25, 0.3) is 11.3 Å². The molecule has 2 fully saturated rings. The average molecular weight is 426 g/mol. The Bertz CT molecular complexity index is 1040. The summed E-state index contributed by atoms with van der Waals surface area (Å²) in [6.45, 7) is 3.06. The van der Waals surface area contributed by atoms with Crippen LogP contribution in [0.3, 0.4) is 0 Å². The van der Waals surface area contributed by atoms with Crippen molar-refractivity contribution < 1.29 is 14.2 Å². The van der Waals surface area contributed by atoms with E-state index in [0.29, 0.717) is 18.4 Å². The number of hydrogen-bond donors (Lipinski definition) is 2. The predicted molar refractivity (Wildman–Crippen MR) is 111 cm³/mol. The minimum absolute atomic E-state index is 0.0592. The summed E-state index contributed by atoms with van der Waals surface area (Å²) < 4.78 is 20.6. The van der Waals surface area contributed by atoms with E-state index in [1.807, 2.05) is 18.5 Å². The van der Waals surface area contributed by atoms with Crippen molar-refractivity contribution in [1.29, 1.82) is 0 Å². The quantitative estimate of drug-likeness (QED) is 0.629. The van der Waals surface area contributed by atoms with Gasteiger partial charge in [0.05, 0.1) is 36.8 Å². The maximum atomic E-state index is 13.7. The highest BCUT2D eigenvalue weighted by Crippen LogP contribution is 2.41. The molecule has 4 atom stereocenters. The van der Waals surface area contributed by atoms with Crippen LogP contribution in [0.4, 0.5) is 4.39 Å². The SMILES string of the molecule is COCc1cn([C@@H]2C[C@@H]3CN(Cc4cn[nH]c4-c4cccc(F)c4)C[C@@H]3C[C@H]2O)nn1. The van der Waals surface area contributed by atoms with Crippen LogP contribution < -0.4 is 0 Å². The number of nitrogens with zero attached hydrogens (tertiary/aromatic N) is 5. The summed E-state index contributed by atoms with van der Waals surface area (Å²) in [5.41, 5.74) is 3.50. The number of aliphatic hydroxyl groups is 1. The highest BCUT2D eigenvalue weighted by atomic mass is 19.1. The van der Waals surface area contributed by atoms with E-state index in [9.17, 15) is 9.50 Å². The zero-order chi connectivity index (χ0) is 21.4. The molecular formula is C22H27FN6O2. The van der Waals surface area contributed by atoms with Gasteiger partial charge in [-0.25, -0.2) is 9.07 Å². The summed E-state index contributed by atoms with van der Waals surface area (Å²) in [5.74, 6) is 0.692. The van der Waals surface area contributed by atoms with Crippen molar-refractivity contribution >= 4 is 0 Å². The van der Waals surface area contributed by atoms with Crippen LogP contribution in [0.15, 0.2) is 36.7 Å². The molecule has 8 nitrogen and oxygen atoms in total. The molecule has 2 aromatic heterocycles. The Balaban J connectivity index is 1.27. The molecule has 31 heavy (non-hydrogen) atoms. The molecule has 5 rings (SSSR count). The van der Waals surface area contributed by atoms with Crippen molar-refractivity contribution in [2.75, 3.05) is 20.2 Å². The van der Waals surface area contributed by atoms with Crippen LogP contribution in [-0.2, 0) is 17.9 Å². The monoisotopic (exact) mass is 426 g/mol. The van der Waals surface area contributed by atoms with Gasteiger partial charge in [-0.15, -0.1) is 5.10 Å². The smallest absolute Gasteiger partial charge is 0.123 e. The van der Waals surface area contributed by atoms with Crippen molar-refractivity contribution in [2.24, 2.45) is 11.8 Å². The first-order valence-electron chi connectivity index (χ1n) is 10.7. The lowest BCUT2D eigenvalue weighted by atomic mass is 9.77. The third-order valence-electron chi connectivity index (χ3n) is 6.60. The van der Waals surface area contributed by atoms with Crippen molar-refractivity contribution in [1.82, 2.24) is 30.1 Å². The van der Waals surface area contributed by atoms with E-state index in [4.69, 9.17) is 4.74 Å². The molecule has 3 aromatic rings. The van der Waals surface area contributed by atoms with Gasteiger partial charge >= 0.3 is 0 Å². The van der Waals surface area contributed by atoms with Gasteiger partial charge < -0.3 is 9.84 Å². The Morgan fingerprint density at radius 3 is 2.90 bits per heavy atom. The van der Waals surface area contributed by atoms with Crippen LogP contribution in [0.2, 0.25) is 0 Å². The van der Waals surface area contributed by atoms with Gasteiger partial charge in [-0.2, -0.15) is 5.10 Å². The van der Waals surface area contributed by atoms with Crippen molar-refractivity contribution in [3.8, 4) is 11.3 Å². The van der Waals surface area contributed by atoms with E-state index >= 15 is 0 Å². The number of rotatable bonds is 6. The summed E-state index contributed by atoms with van der Waals surface area (Å²) in [6, 6.07) is 6.51. The highest BCUT2D eigenvalue weighted by Gasteiger charge is 2.42. The molecule has 0 bridgehead atoms. The maximum absolute atomic E-state index is 13.7. The van der Waals surface area contributed by atoms with Gasteiger partial charge in [0, 0.05) is 37.9 Å². The van der Waals surface area contributed by atoms with Crippen LogP contribution in [0.1, 0.15) is 30.1 Å². The Kier molecular flexibility index (Phi) is 5.56. The number of likely N-dealkylation sites (tertiary alicyclic amines) is 1. The Labute approximate surface area is 180 Å². The van der Waals surface area contributed by atoms with Gasteiger partial charge in [-0.3, -0.25) is 10.00 Å². The number of fused-ring (bicyclic) bond motifs is 1. The number of methoxy groups -OCH3 is 1. The second kappa shape index (κ2) is 8.49. The highest BCUT2D eigenvalue weighted by molar-refractivity contribution is 5.62. The molecule has 0 radical (unpaired) electrons. The second-order valence-corrected chi connectivity index (χ2v) is 8.72. The molecule has 0 amide bonds. The number of H-pyrrole nitrogens is 1. The molecule has 1 saturated heterocycles.